The van der Waals surface area contributed by atoms with Crippen molar-refractivity contribution < 1.29 is 9.47 Å². The Kier molecular flexibility index (Phi) is 6.54. The lowest BCUT2D eigenvalue weighted by Crippen LogP contribution is -2.03. The van der Waals surface area contributed by atoms with E-state index in [2.05, 4.69) is 62.4 Å². The van der Waals surface area contributed by atoms with E-state index in [0.717, 1.165) is 37.2 Å². The van der Waals surface area contributed by atoms with Crippen LogP contribution in [0.4, 0.5) is 0 Å². The van der Waals surface area contributed by atoms with E-state index in [1.807, 2.05) is 12.1 Å². The molecule has 1 heterocycles. The molecule has 0 fully saturated rings. The second kappa shape index (κ2) is 9.28. The Morgan fingerprint density at radius 3 is 1.50 bits per heavy atom. The smallest absolute Gasteiger partial charge is 0.122 e. The number of benzene rings is 2. The summed E-state index contributed by atoms with van der Waals surface area (Å²) in [6.45, 7) is 5.77. The number of ether oxygens (including phenoxy) is 2. The van der Waals surface area contributed by atoms with Gasteiger partial charge in [0.2, 0.25) is 0 Å². The first kappa shape index (κ1) is 18.3. The Labute approximate surface area is 157 Å². The highest BCUT2D eigenvalue weighted by Gasteiger charge is 2.05. The van der Waals surface area contributed by atoms with Crippen LogP contribution in [0.1, 0.15) is 37.8 Å². The molecule has 2 aromatic carbocycles. The van der Waals surface area contributed by atoms with Gasteiger partial charge in [0.1, 0.15) is 11.5 Å². The number of fused-ring (bicyclic) bond motifs is 2. The van der Waals surface area contributed by atoms with Crippen molar-refractivity contribution in [2.45, 2.75) is 39.5 Å². The quantitative estimate of drug-likeness (QED) is 0.551. The molecule has 0 saturated heterocycles. The molecule has 0 spiro atoms. The number of hydrogen-bond donors (Lipinski definition) is 0. The van der Waals surface area contributed by atoms with E-state index >= 15 is 0 Å². The van der Waals surface area contributed by atoms with Gasteiger partial charge in [-0.25, -0.2) is 0 Å². The molecule has 2 aromatic rings. The second-order valence-corrected chi connectivity index (χ2v) is 6.92. The lowest BCUT2D eigenvalue weighted by Gasteiger charge is -2.13. The number of allylic oxidation sites excluding steroid dienone is 2. The maximum absolute atomic E-state index is 6.07. The maximum atomic E-state index is 6.07. The molecule has 0 atom stereocenters. The lowest BCUT2D eigenvalue weighted by molar-refractivity contribution is 0.317. The summed E-state index contributed by atoms with van der Waals surface area (Å²) in [5.41, 5.74) is 5.18. The van der Waals surface area contributed by atoms with Gasteiger partial charge in [-0.05, 0) is 49.9 Å². The van der Waals surface area contributed by atoms with Crippen LogP contribution in [0.15, 0.2) is 71.8 Å². The Morgan fingerprint density at radius 2 is 1.04 bits per heavy atom. The second-order valence-electron chi connectivity index (χ2n) is 6.92. The van der Waals surface area contributed by atoms with Crippen molar-refractivity contribution in [1.82, 2.24) is 0 Å². The minimum Gasteiger partial charge on any atom is -0.493 e. The van der Waals surface area contributed by atoms with Crippen LogP contribution in [0.25, 0.3) is 0 Å². The van der Waals surface area contributed by atoms with Crippen molar-refractivity contribution in [3.63, 3.8) is 0 Å². The fourth-order valence-corrected chi connectivity index (χ4v) is 3.04. The van der Waals surface area contributed by atoms with Crippen molar-refractivity contribution in [2.75, 3.05) is 13.2 Å². The molecule has 1 aliphatic rings. The van der Waals surface area contributed by atoms with E-state index in [4.69, 9.17) is 9.47 Å². The Morgan fingerprint density at radius 1 is 0.615 bits per heavy atom. The van der Waals surface area contributed by atoms with Gasteiger partial charge in [-0.15, -0.1) is 0 Å². The monoisotopic (exact) mass is 348 g/mol. The molecular weight excluding hydrogens is 320 g/mol. The van der Waals surface area contributed by atoms with Gasteiger partial charge in [-0.1, -0.05) is 59.7 Å². The molecule has 2 heteroatoms. The number of hydrogen-bond acceptors (Lipinski definition) is 2. The first-order valence-corrected chi connectivity index (χ1v) is 9.45. The fourth-order valence-electron chi connectivity index (χ4n) is 3.04. The zero-order chi connectivity index (χ0) is 18.2. The van der Waals surface area contributed by atoms with Crippen LogP contribution < -0.4 is 9.47 Å². The van der Waals surface area contributed by atoms with E-state index in [9.17, 15) is 0 Å². The van der Waals surface area contributed by atoms with Crippen molar-refractivity contribution >= 4 is 0 Å². The van der Waals surface area contributed by atoms with Gasteiger partial charge >= 0.3 is 0 Å². The predicted molar refractivity (Wildman–Crippen MR) is 108 cm³/mol. The van der Waals surface area contributed by atoms with Crippen molar-refractivity contribution in [3.8, 4) is 11.5 Å². The molecule has 0 aliphatic carbocycles. The van der Waals surface area contributed by atoms with Crippen LogP contribution in [0, 0.1) is 0 Å². The Hall–Kier alpha value is -2.48. The molecular formula is C24H28O2. The molecule has 0 radical (unpaired) electrons. The SMILES string of the molecule is CC1=CCc2ccccc2OCCC(C)=CCc2ccccc2OCC1. The summed E-state index contributed by atoms with van der Waals surface area (Å²) in [6.07, 6.45) is 8.24. The average molecular weight is 348 g/mol. The first-order valence-electron chi connectivity index (χ1n) is 9.45. The van der Waals surface area contributed by atoms with Crippen molar-refractivity contribution in [1.29, 1.82) is 0 Å². The van der Waals surface area contributed by atoms with Crippen LogP contribution >= 0.6 is 0 Å². The molecule has 2 nitrogen and oxygen atoms in total. The van der Waals surface area contributed by atoms with E-state index in [-0.39, 0.29) is 0 Å². The summed E-state index contributed by atoms with van der Waals surface area (Å²) in [5.74, 6) is 2.00. The van der Waals surface area contributed by atoms with Gasteiger partial charge in [0.15, 0.2) is 0 Å². The standard InChI is InChI=1S/C24H28O2/c1-19-11-13-21-7-3-5-9-23(21)26-18-16-20(2)12-14-22-8-4-6-10-24(22)25-17-15-19/h3-12H,13-18H2,1-2H3. The summed E-state index contributed by atoms with van der Waals surface area (Å²) in [5, 5.41) is 0. The minimum atomic E-state index is 0.709. The molecule has 26 heavy (non-hydrogen) atoms. The lowest BCUT2D eigenvalue weighted by atomic mass is 10.1. The Bertz CT molecular complexity index is 719. The van der Waals surface area contributed by atoms with Crippen molar-refractivity contribution in [2.24, 2.45) is 0 Å². The van der Waals surface area contributed by atoms with Crippen LogP contribution in [-0.4, -0.2) is 13.2 Å². The van der Waals surface area contributed by atoms with E-state index in [0.29, 0.717) is 13.2 Å². The van der Waals surface area contributed by atoms with Gasteiger partial charge < -0.3 is 9.47 Å². The summed E-state index contributed by atoms with van der Waals surface area (Å²) in [7, 11) is 0. The molecule has 0 bridgehead atoms. The molecule has 0 unspecified atom stereocenters. The minimum absolute atomic E-state index is 0.709. The fraction of sp³-hybridized carbons (Fsp3) is 0.333. The van der Waals surface area contributed by atoms with E-state index in [1.54, 1.807) is 0 Å². The van der Waals surface area contributed by atoms with Gasteiger partial charge in [-0.3, -0.25) is 0 Å². The van der Waals surface area contributed by atoms with Gasteiger partial charge in [0.25, 0.3) is 0 Å². The first-order chi connectivity index (χ1) is 12.7. The number of rotatable bonds is 0. The largest absolute Gasteiger partial charge is 0.493 e. The summed E-state index contributed by atoms with van der Waals surface area (Å²) in [4.78, 5) is 0. The zero-order valence-electron chi connectivity index (χ0n) is 15.8. The summed E-state index contributed by atoms with van der Waals surface area (Å²) < 4.78 is 12.1. The number of para-hydroxylation sites is 2. The van der Waals surface area contributed by atoms with E-state index in [1.165, 1.54) is 22.3 Å². The third kappa shape index (κ3) is 5.26. The highest BCUT2D eigenvalue weighted by atomic mass is 16.5. The van der Waals surface area contributed by atoms with Gasteiger partial charge in [0.05, 0.1) is 13.2 Å². The molecule has 3 rings (SSSR count). The highest BCUT2D eigenvalue weighted by molar-refractivity contribution is 5.36. The summed E-state index contributed by atoms with van der Waals surface area (Å²) in [6, 6.07) is 16.7. The van der Waals surface area contributed by atoms with Crippen molar-refractivity contribution in [3.05, 3.63) is 83.0 Å². The molecule has 0 amide bonds. The third-order valence-electron chi connectivity index (χ3n) is 4.79. The molecule has 1 aliphatic heterocycles. The van der Waals surface area contributed by atoms with Gasteiger partial charge in [-0.2, -0.15) is 0 Å². The zero-order valence-corrected chi connectivity index (χ0v) is 15.8. The molecule has 0 aromatic heterocycles. The normalized spacial score (nSPS) is 16.2. The van der Waals surface area contributed by atoms with Crippen LogP contribution in [-0.2, 0) is 12.8 Å². The van der Waals surface area contributed by atoms with Gasteiger partial charge in [0, 0.05) is 12.8 Å². The van der Waals surface area contributed by atoms with Crippen LogP contribution in [0.3, 0.4) is 0 Å². The van der Waals surface area contributed by atoms with E-state index < -0.39 is 0 Å². The average Bonchev–Trinajstić information content (AvgIpc) is 2.66. The topological polar surface area (TPSA) is 18.5 Å². The molecule has 0 saturated carbocycles. The maximum Gasteiger partial charge on any atom is 0.122 e. The highest BCUT2D eigenvalue weighted by Crippen LogP contribution is 2.23. The predicted octanol–water partition coefficient (Wildman–Crippen LogP) is 5.92. The Balaban J connectivity index is 1.80. The molecule has 0 N–H and O–H groups in total. The third-order valence-corrected chi connectivity index (χ3v) is 4.79. The van der Waals surface area contributed by atoms with Crippen LogP contribution in [0.2, 0.25) is 0 Å². The summed E-state index contributed by atoms with van der Waals surface area (Å²) >= 11 is 0. The van der Waals surface area contributed by atoms with Crippen LogP contribution in [0.5, 0.6) is 11.5 Å². The molecule has 136 valence electrons.